The predicted molar refractivity (Wildman–Crippen MR) is 64.2 cm³/mol. The average Bonchev–Trinajstić information content (AvgIpc) is 2.35. The van der Waals surface area contributed by atoms with Gasteiger partial charge in [0, 0.05) is 6.08 Å². The van der Waals surface area contributed by atoms with Gasteiger partial charge in [0.15, 0.2) is 5.94 Å². The molecule has 0 saturated heterocycles. The van der Waals surface area contributed by atoms with E-state index in [9.17, 15) is 13.2 Å². The molecule has 1 rings (SSSR count). The van der Waals surface area contributed by atoms with Gasteiger partial charge in [0.1, 0.15) is 0 Å². The van der Waals surface area contributed by atoms with Crippen molar-refractivity contribution in [1.29, 1.82) is 0 Å². The van der Waals surface area contributed by atoms with Crippen LogP contribution in [0.3, 0.4) is 0 Å². The smallest absolute Gasteiger partial charge is 0.331 e. The number of esters is 1. The Morgan fingerprint density at radius 3 is 2.65 bits per heavy atom. The normalized spacial score (nSPS) is 10.9. The molecule has 17 heavy (non-hydrogen) atoms. The Morgan fingerprint density at radius 2 is 2.06 bits per heavy atom. The number of hydrogen-bond donors (Lipinski definition) is 0. The van der Waals surface area contributed by atoms with Crippen LogP contribution < -0.4 is 0 Å². The molecule has 0 heterocycles. The van der Waals surface area contributed by atoms with Gasteiger partial charge in [0.05, 0.1) is 4.90 Å². The minimum atomic E-state index is -3.60. The van der Waals surface area contributed by atoms with E-state index in [0.29, 0.717) is 12.0 Å². The highest BCUT2D eigenvalue weighted by atomic mass is 32.2. The molecule has 1 aromatic rings. The molecule has 0 N–H and O–H groups in total. The van der Waals surface area contributed by atoms with Crippen LogP contribution in [-0.4, -0.2) is 20.3 Å². The lowest BCUT2D eigenvalue weighted by Crippen LogP contribution is -2.14. The molecule has 0 radical (unpaired) electrons. The maximum Gasteiger partial charge on any atom is 0.331 e. The number of sulfone groups is 1. The summed E-state index contributed by atoms with van der Waals surface area (Å²) in [7, 11) is -3.60. The summed E-state index contributed by atoms with van der Waals surface area (Å²) in [5, 5.41) is 0. The summed E-state index contributed by atoms with van der Waals surface area (Å²) in [5.74, 6) is -1.41. The summed E-state index contributed by atoms with van der Waals surface area (Å²) in [4.78, 5) is 11.0. The summed E-state index contributed by atoms with van der Waals surface area (Å²) in [6, 6.07) is 6.66. The highest BCUT2D eigenvalue weighted by molar-refractivity contribution is 7.91. The quantitative estimate of drug-likeness (QED) is 0.593. The van der Waals surface area contributed by atoms with Crippen LogP contribution in [0, 0.1) is 0 Å². The third-order valence-electron chi connectivity index (χ3n) is 2.21. The molecule has 1 aromatic carbocycles. The van der Waals surface area contributed by atoms with Gasteiger partial charge in [-0.1, -0.05) is 31.7 Å². The molecule has 0 unspecified atom stereocenters. The van der Waals surface area contributed by atoms with Crippen molar-refractivity contribution in [3.8, 4) is 0 Å². The molecular formula is C12H14O4S. The van der Waals surface area contributed by atoms with E-state index in [2.05, 4.69) is 11.3 Å². The second kappa shape index (κ2) is 5.63. The predicted octanol–water partition coefficient (Wildman–Crippen LogP) is 1.71. The van der Waals surface area contributed by atoms with E-state index < -0.39 is 21.7 Å². The van der Waals surface area contributed by atoms with Crippen LogP contribution >= 0.6 is 0 Å². The standard InChI is InChI=1S/C12H14O4S/c1-3-10-7-5-6-8-11(10)17(14,15)9-16-12(13)4-2/h4-8H,2-3,9H2,1H3. The monoisotopic (exact) mass is 254 g/mol. The van der Waals surface area contributed by atoms with E-state index in [4.69, 9.17) is 0 Å². The Morgan fingerprint density at radius 1 is 1.41 bits per heavy atom. The van der Waals surface area contributed by atoms with Crippen LogP contribution in [0.2, 0.25) is 0 Å². The largest absolute Gasteiger partial charge is 0.446 e. The zero-order chi connectivity index (χ0) is 12.9. The number of benzene rings is 1. The van der Waals surface area contributed by atoms with E-state index in [1.165, 1.54) is 6.07 Å². The second-order valence-corrected chi connectivity index (χ2v) is 5.27. The first-order valence-corrected chi connectivity index (χ1v) is 6.76. The minimum Gasteiger partial charge on any atom is -0.446 e. The fourth-order valence-corrected chi connectivity index (χ4v) is 2.65. The molecule has 0 aliphatic heterocycles. The summed E-state index contributed by atoms with van der Waals surface area (Å²) < 4.78 is 28.4. The molecule has 4 nitrogen and oxygen atoms in total. The number of rotatable bonds is 5. The Labute approximate surface area is 101 Å². The third-order valence-corrected chi connectivity index (χ3v) is 3.71. The Kier molecular flexibility index (Phi) is 4.45. The molecule has 0 aliphatic rings. The summed E-state index contributed by atoms with van der Waals surface area (Å²) in [5.41, 5.74) is 0.710. The van der Waals surface area contributed by atoms with Crippen molar-refractivity contribution in [2.24, 2.45) is 0 Å². The SMILES string of the molecule is C=CC(=O)OCS(=O)(=O)c1ccccc1CC. The topological polar surface area (TPSA) is 60.4 Å². The Hall–Kier alpha value is -1.62. The first-order chi connectivity index (χ1) is 8.01. The van der Waals surface area contributed by atoms with Gasteiger partial charge in [-0.15, -0.1) is 0 Å². The molecule has 0 amide bonds. The lowest BCUT2D eigenvalue weighted by atomic mass is 10.2. The first kappa shape index (κ1) is 13.4. The lowest BCUT2D eigenvalue weighted by Gasteiger charge is -2.08. The fourth-order valence-electron chi connectivity index (χ4n) is 1.36. The van der Waals surface area contributed by atoms with Crippen LogP contribution in [0.15, 0.2) is 41.8 Å². The van der Waals surface area contributed by atoms with E-state index in [0.717, 1.165) is 6.08 Å². The zero-order valence-electron chi connectivity index (χ0n) is 9.55. The maximum atomic E-state index is 11.9. The minimum absolute atomic E-state index is 0.208. The zero-order valence-corrected chi connectivity index (χ0v) is 10.4. The van der Waals surface area contributed by atoms with Crippen molar-refractivity contribution in [3.05, 3.63) is 42.5 Å². The molecule has 0 bridgehead atoms. The Balaban J connectivity index is 2.97. The van der Waals surface area contributed by atoms with Crippen LogP contribution in [0.4, 0.5) is 0 Å². The van der Waals surface area contributed by atoms with Gasteiger partial charge in [-0.2, -0.15) is 0 Å². The second-order valence-electron chi connectivity index (χ2n) is 3.36. The molecule has 92 valence electrons. The van der Waals surface area contributed by atoms with Crippen molar-refractivity contribution in [2.75, 3.05) is 5.94 Å². The van der Waals surface area contributed by atoms with Gasteiger partial charge in [0.25, 0.3) is 0 Å². The summed E-state index contributed by atoms with van der Waals surface area (Å²) in [6.45, 7) is 5.06. The number of ether oxygens (including phenoxy) is 1. The highest BCUT2D eigenvalue weighted by Crippen LogP contribution is 2.17. The van der Waals surface area contributed by atoms with E-state index in [-0.39, 0.29) is 4.90 Å². The lowest BCUT2D eigenvalue weighted by molar-refractivity contribution is -0.135. The molecule has 0 aromatic heterocycles. The van der Waals surface area contributed by atoms with E-state index in [1.54, 1.807) is 18.2 Å². The summed E-state index contributed by atoms with van der Waals surface area (Å²) in [6.07, 6.45) is 1.53. The fraction of sp³-hybridized carbons (Fsp3) is 0.250. The van der Waals surface area contributed by atoms with Crippen molar-refractivity contribution >= 4 is 15.8 Å². The number of hydrogen-bond acceptors (Lipinski definition) is 4. The van der Waals surface area contributed by atoms with Gasteiger partial charge in [-0.3, -0.25) is 0 Å². The molecule has 0 atom stereocenters. The maximum absolute atomic E-state index is 11.9. The highest BCUT2D eigenvalue weighted by Gasteiger charge is 2.19. The van der Waals surface area contributed by atoms with Gasteiger partial charge < -0.3 is 4.74 Å². The third kappa shape index (κ3) is 3.42. The van der Waals surface area contributed by atoms with Gasteiger partial charge in [-0.05, 0) is 18.1 Å². The molecule has 5 heteroatoms. The van der Waals surface area contributed by atoms with Crippen LogP contribution in [0.5, 0.6) is 0 Å². The number of carbonyl (C=O) groups is 1. The van der Waals surface area contributed by atoms with Gasteiger partial charge in [-0.25, -0.2) is 13.2 Å². The van der Waals surface area contributed by atoms with E-state index in [1.807, 2.05) is 6.92 Å². The average molecular weight is 254 g/mol. The van der Waals surface area contributed by atoms with Crippen molar-refractivity contribution in [1.82, 2.24) is 0 Å². The van der Waals surface area contributed by atoms with Crippen molar-refractivity contribution < 1.29 is 17.9 Å². The van der Waals surface area contributed by atoms with Crippen LogP contribution in [0.25, 0.3) is 0 Å². The van der Waals surface area contributed by atoms with Crippen LogP contribution in [-0.2, 0) is 25.8 Å². The van der Waals surface area contributed by atoms with Crippen molar-refractivity contribution in [2.45, 2.75) is 18.2 Å². The van der Waals surface area contributed by atoms with Gasteiger partial charge >= 0.3 is 5.97 Å². The van der Waals surface area contributed by atoms with Crippen LogP contribution in [0.1, 0.15) is 12.5 Å². The van der Waals surface area contributed by atoms with Gasteiger partial charge in [0.2, 0.25) is 9.84 Å². The number of aryl methyl sites for hydroxylation is 1. The molecule has 0 aliphatic carbocycles. The molecule has 0 spiro atoms. The van der Waals surface area contributed by atoms with E-state index >= 15 is 0 Å². The first-order valence-electron chi connectivity index (χ1n) is 5.11. The number of carbonyl (C=O) groups excluding carboxylic acids is 1. The summed E-state index contributed by atoms with van der Waals surface area (Å²) >= 11 is 0. The molecule has 0 saturated carbocycles. The molecule has 0 fully saturated rings. The Bertz CT molecular complexity index is 517. The molecular weight excluding hydrogens is 240 g/mol. The van der Waals surface area contributed by atoms with Crippen molar-refractivity contribution in [3.63, 3.8) is 0 Å².